The van der Waals surface area contributed by atoms with Crippen LogP contribution in [0, 0.1) is 0 Å². The molecule has 2 aromatic rings. The van der Waals surface area contributed by atoms with Crippen LogP contribution in [0.4, 0.5) is 4.39 Å². The third-order valence-corrected chi connectivity index (χ3v) is 6.09. The summed E-state index contributed by atoms with van der Waals surface area (Å²) in [5.74, 6) is 0.452. The third-order valence-electron chi connectivity index (χ3n) is 6.09. The molecule has 0 saturated carbocycles. The minimum absolute atomic E-state index is 0.232. The van der Waals surface area contributed by atoms with E-state index in [1.54, 1.807) is 12.1 Å². The second-order valence-electron chi connectivity index (χ2n) is 9.11. The van der Waals surface area contributed by atoms with Crippen molar-refractivity contribution in [3.8, 4) is 22.6 Å². The van der Waals surface area contributed by atoms with Crippen molar-refractivity contribution in [1.82, 2.24) is 0 Å². The highest BCUT2D eigenvalue weighted by molar-refractivity contribution is 5.77. The van der Waals surface area contributed by atoms with Gasteiger partial charge in [-0.25, -0.2) is 9.18 Å². The first kappa shape index (κ1) is 27.9. The third kappa shape index (κ3) is 11.2. The van der Waals surface area contributed by atoms with Crippen molar-refractivity contribution in [2.24, 2.45) is 0 Å². The topological polar surface area (TPSA) is 35.5 Å². The molecule has 0 bridgehead atoms. The lowest BCUT2D eigenvalue weighted by Crippen LogP contribution is -2.21. The number of hydrogen-bond donors (Lipinski definition) is 0. The number of benzene rings is 2. The Morgan fingerprint density at radius 1 is 0.676 bits per heavy atom. The zero-order chi connectivity index (χ0) is 24.4. The maximum Gasteiger partial charge on any atom is 0.346 e. The van der Waals surface area contributed by atoms with Gasteiger partial charge in [0.15, 0.2) is 6.17 Å². The van der Waals surface area contributed by atoms with Crippen LogP contribution in [0.25, 0.3) is 11.1 Å². The highest BCUT2D eigenvalue weighted by Gasteiger charge is 2.19. The molecule has 3 nitrogen and oxygen atoms in total. The molecule has 0 radical (unpaired) electrons. The van der Waals surface area contributed by atoms with Gasteiger partial charge >= 0.3 is 5.97 Å². The van der Waals surface area contributed by atoms with Crippen molar-refractivity contribution in [2.75, 3.05) is 6.61 Å². The maximum atomic E-state index is 14.1. The van der Waals surface area contributed by atoms with Crippen LogP contribution in [0.1, 0.15) is 97.3 Å². The highest BCUT2D eigenvalue weighted by atomic mass is 19.1. The molecule has 0 aliphatic heterocycles. The second kappa shape index (κ2) is 17.1. The van der Waals surface area contributed by atoms with Gasteiger partial charge in [-0.2, -0.15) is 0 Å². The molecular formula is C30H43FO3. The number of ether oxygens (including phenoxy) is 2. The summed E-state index contributed by atoms with van der Waals surface area (Å²) in [5, 5.41) is 0. The first-order valence-corrected chi connectivity index (χ1v) is 13.3. The molecule has 0 fully saturated rings. The van der Waals surface area contributed by atoms with Crippen LogP contribution in [0.5, 0.6) is 11.5 Å². The quantitative estimate of drug-likeness (QED) is 0.124. The van der Waals surface area contributed by atoms with E-state index in [9.17, 15) is 9.18 Å². The summed E-state index contributed by atoms with van der Waals surface area (Å²) in [7, 11) is 0. The summed E-state index contributed by atoms with van der Waals surface area (Å²) in [6, 6.07) is 15.2. The fourth-order valence-corrected chi connectivity index (χ4v) is 3.93. The van der Waals surface area contributed by atoms with E-state index in [0.29, 0.717) is 5.75 Å². The lowest BCUT2D eigenvalue weighted by molar-refractivity contribution is -0.140. The number of carbonyl (C=O) groups is 1. The van der Waals surface area contributed by atoms with Crippen LogP contribution in [-0.2, 0) is 4.79 Å². The summed E-state index contributed by atoms with van der Waals surface area (Å²) < 4.78 is 25.2. The minimum atomic E-state index is -1.56. The van der Waals surface area contributed by atoms with Gasteiger partial charge in [0, 0.05) is 0 Å². The molecule has 2 aromatic carbocycles. The van der Waals surface area contributed by atoms with Crippen molar-refractivity contribution < 1.29 is 18.7 Å². The number of halogens is 1. The number of carbonyl (C=O) groups excluding carboxylic acids is 1. The zero-order valence-corrected chi connectivity index (χ0v) is 21.2. The fourth-order valence-electron chi connectivity index (χ4n) is 3.93. The van der Waals surface area contributed by atoms with Crippen LogP contribution in [0.15, 0.2) is 48.5 Å². The Morgan fingerprint density at radius 3 is 1.71 bits per heavy atom. The van der Waals surface area contributed by atoms with Crippen LogP contribution in [0.2, 0.25) is 0 Å². The van der Waals surface area contributed by atoms with E-state index in [2.05, 4.69) is 13.8 Å². The Labute approximate surface area is 206 Å². The smallest absolute Gasteiger partial charge is 0.346 e. The first-order chi connectivity index (χ1) is 16.6. The summed E-state index contributed by atoms with van der Waals surface area (Å²) in [4.78, 5) is 12.0. The summed E-state index contributed by atoms with van der Waals surface area (Å²) in [6.45, 7) is 5.15. The number of hydrogen-bond acceptors (Lipinski definition) is 3. The molecule has 188 valence electrons. The Morgan fingerprint density at radius 2 is 1.15 bits per heavy atom. The van der Waals surface area contributed by atoms with Crippen molar-refractivity contribution >= 4 is 5.97 Å². The van der Waals surface area contributed by atoms with E-state index in [1.807, 2.05) is 36.4 Å². The van der Waals surface area contributed by atoms with Crippen molar-refractivity contribution in [3.63, 3.8) is 0 Å². The van der Waals surface area contributed by atoms with E-state index < -0.39 is 12.1 Å². The van der Waals surface area contributed by atoms with Gasteiger partial charge in [0.2, 0.25) is 0 Å². The van der Waals surface area contributed by atoms with Crippen molar-refractivity contribution in [1.29, 1.82) is 0 Å². The standard InChI is InChI=1S/C30H43FO3/c1-3-5-7-9-11-13-15-29(31)30(32)34-28-22-18-26(19-23-28)25-16-20-27(21-17-25)33-24-14-12-10-8-6-4-2/h16-23,29H,3-15,24H2,1-2H3. The molecule has 0 saturated heterocycles. The number of rotatable bonds is 18. The summed E-state index contributed by atoms with van der Waals surface area (Å²) >= 11 is 0. The SMILES string of the molecule is CCCCCCCCOc1ccc(-c2ccc(OC(=O)C(F)CCCCCCCC)cc2)cc1. The Balaban J connectivity index is 1.71. The van der Waals surface area contributed by atoms with Gasteiger partial charge in [-0.15, -0.1) is 0 Å². The zero-order valence-electron chi connectivity index (χ0n) is 21.2. The molecule has 1 unspecified atom stereocenters. The van der Waals surface area contributed by atoms with Gasteiger partial charge in [0.1, 0.15) is 11.5 Å². The fraction of sp³-hybridized carbons (Fsp3) is 0.567. The highest BCUT2D eigenvalue weighted by Crippen LogP contribution is 2.25. The molecule has 0 amide bonds. The summed E-state index contributed by atoms with van der Waals surface area (Å²) in [5.41, 5.74) is 2.06. The van der Waals surface area contributed by atoms with Gasteiger partial charge in [0.25, 0.3) is 0 Å². The molecule has 0 spiro atoms. The van der Waals surface area contributed by atoms with Gasteiger partial charge in [-0.1, -0.05) is 102 Å². The molecule has 1 atom stereocenters. The van der Waals surface area contributed by atoms with Gasteiger partial charge in [0.05, 0.1) is 6.61 Å². The van der Waals surface area contributed by atoms with Crippen LogP contribution in [0.3, 0.4) is 0 Å². The molecule has 34 heavy (non-hydrogen) atoms. The predicted molar refractivity (Wildman–Crippen MR) is 139 cm³/mol. The minimum Gasteiger partial charge on any atom is -0.494 e. The average molecular weight is 471 g/mol. The van der Waals surface area contributed by atoms with Crippen molar-refractivity contribution in [3.05, 3.63) is 48.5 Å². The van der Waals surface area contributed by atoms with Crippen LogP contribution < -0.4 is 9.47 Å². The van der Waals surface area contributed by atoms with Crippen molar-refractivity contribution in [2.45, 2.75) is 103 Å². The lowest BCUT2D eigenvalue weighted by Gasteiger charge is -2.10. The van der Waals surface area contributed by atoms with E-state index in [0.717, 1.165) is 49.2 Å². The normalized spacial score (nSPS) is 11.9. The monoisotopic (exact) mass is 470 g/mol. The first-order valence-electron chi connectivity index (χ1n) is 13.3. The molecule has 2 rings (SSSR count). The number of esters is 1. The lowest BCUT2D eigenvalue weighted by atomic mass is 10.1. The molecule has 0 aromatic heterocycles. The molecule has 0 aliphatic rings. The van der Waals surface area contributed by atoms with Crippen LogP contribution in [-0.4, -0.2) is 18.7 Å². The van der Waals surface area contributed by atoms with Crippen LogP contribution >= 0.6 is 0 Å². The predicted octanol–water partition coefficient (Wildman–Crippen LogP) is 9.09. The molecule has 4 heteroatoms. The van der Waals surface area contributed by atoms with Gasteiger partial charge in [-0.3, -0.25) is 0 Å². The number of unbranched alkanes of at least 4 members (excludes halogenated alkanes) is 10. The molecule has 0 N–H and O–H groups in total. The van der Waals surface area contributed by atoms with Gasteiger partial charge < -0.3 is 9.47 Å². The van der Waals surface area contributed by atoms with E-state index in [4.69, 9.17) is 9.47 Å². The second-order valence-corrected chi connectivity index (χ2v) is 9.11. The molecular weight excluding hydrogens is 427 g/mol. The number of alkyl halides is 1. The molecule has 0 heterocycles. The van der Waals surface area contributed by atoms with E-state index >= 15 is 0 Å². The Hall–Kier alpha value is -2.36. The van der Waals surface area contributed by atoms with E-state index in [1.165, 1.54) is 51.4 Å². The Bertz CT molecular complexity index is 786. The van der Waals surface area contributed by atoms with E-state index in [-0.39, 0.29) is 6.42 Å². The largest absolute Gasteiger partial charge is 0.494 e. The Kier molecular flexibility index (Phi) is 14.0. The maximum absolute atomic E-state index is 14.1. The van der Waals surface area contributed by atoms with Gasteiger partial charge in [-0.05, 0) is 54.7 Å². The summed E-state index contributed by atoms with van der Waals surface area (Å²) in [6.07, 6.45) is 12.5. The molecule has 0 aliphatic carbocycles. The average Bonchev–Trinajstić information content (AvgIpc) is 2.86.